The summed E-state index contributed by atoms with van der Waals surface area (Å²) in [4.78, 5) is 21.2. The second kappa shape index (κ2) is 6.65. The SMILES string of the molecule is CCOCCC(=O)Oc1cc(F)ccc1[N+](=O)[O-]. The van der Waals surface area contributed by atoms with Crippen LogP contribution < -0.4 is 4.74 Å². The molecule has 0 aliphatic carbocycles. The molecule has 0 aromatic heterocycles. The number of nitro benzene ring substituents is 1. The average Bonchev–Trinajstić information content (AvgIpc) is 2.29. The molecule has 0 saturated carbocycles. The predicted molar refractivity (Wildman–Crippen MR) is 59.8 cm³/mol. The van der Waals surface area contributed by atoms with E-state index in [0.29, 0.717) is 6.61 Å². The van der Waals surface area contributed by atoms with Crippen LogP contribution in [-0.4, -0.2) is 24.1 Å². The predicted octanol–water partition coefficient (Wildman–Crippen LogP) is 2.07. The minimum Gasteiger partial charge on any atom is -0.419 e. The van der Waals surface area contributed by atoms with Gasteiger partial charge in [0.1, 0.15) is 5.82 Å². The molecule has 0 bridgehead atoms. The van der Waals surface area contributed by atoms with Gasteiger partial charge in [0.25, 0.3) is 0 Å². The minimum absolute atomic E-state index is 0.0541. The summed E-state index contributed by atoms with van der Waals surface area (Å²) < 4.78 is 22.6. The van der Waals surface area contributed by atoms with Crippen LogP contribution in [0.25, 0.3) is 0 Å². The van der Waals surface area contributed by atoms with Crippen LogP contribution in [0.1, 0.15) is 13.3 Å². The van der Waals surface area contributed by atoms with Crippen molar-refractivity contribution in [2.24, 2.45) is 0 Å². The Hall–Kier alpha value is -2.02. The Balaban J connectivity index is 2.73. The third-order valence-corrected chi connectivity index (χ3v) is 2.00. The maximum absolute atomic E-state index is 12.9. The molecule has 18 heavy (non-hydrogen) atoms. The minimum atomic E-state index is -0.745. The topological polar surface area (TPSA) is 78.7 Å². The van der Waals surface area contributed by atoms with Gasteiger partial charge in [-0.05, 0) is 13.0 Å². The van der Waals surface area contributed by atoms with Gasteiger partial charge in [-0.1, -0.05) is 0 Å². The lowest BCUT2D eigenvalue weighted by molar-refractivity contribution is -0.385. The van der Waals surface area contributed by atoms with Crippen molar-refractivity contribution < 1.29 is 23.6 Å². The molecule has 1 rings (SSSR count). The zero-order valence-electron chi connectivity index (χ0n) is 9.72. The molecule has 0 radical (unpaired) electrons. The van der Waals surface area contributed by atoms with Crippen LogP contribution in [0.5, 0.6) is 5.75 Å². The number of esters is 1. The maximum Gasteiger partial charge on any atom is 0.313 e. The molecule has 0 spiro atoms. The quantitative estimate of drug-likeness (QED) is 0.256. The Morgan fingerprint density at radius 2 is 2.22 bits per heavy atom. The van der Waals surface area contributed by atoms with Crippen molar-refractivity contribution in [2.45, 2.75) is 13.3 Å². The van der Waals surface area contributed by atoms with E-state index in [2.05, 4.69) is 0 Å². The van der Waals surface area contributed by atoms with Crippen LogP contribution in [0.3, 0.4) is 0 Å². The highest BCUT2D eigenvalue weighted by molar-refractivity contribution is 5.73. The first-order valence-corrected chi connectivity index (χ1v) is 5.27. The Morgan fingerprint density at radius 1 is 1.50 bits per heavy atom. The summed E-state index contributed by atoms with van der Waals surface area (Å²) in [7, 11) is 0. The van der Waals surface area contributed by atoms with Crippen molar-refractivity contribution >= 4 is 11.7 Å². The molecule has 0 saturated heterocycles. The second-order valence-corrected chi connectivity index (χ2v) is 3.29. The molecule has 7 heteroatoms. The van der Waals surface area contributed by atoms with Crippen LogP contribution in [0, 0.1) is 15.9 Å². The Bertz CT molecular complexity index is 449. The molecule has 1 aromatic rings. The molecule has 0 atom stereocenters. The van der Waals surface area contributed by atoms with Crippen molar-refractivity contribution in [3.05, 3.63) is 34.1 Å². The summed E-state index contributed by atoms with van der Waals surface area (Å²) in [5, 5.41) is 10.6. The van der Waals surface area contributed by atoms with Gasteiger partial charge in [0, 0.05) is 18.7 Å². The van der Waals surface area contributed by atoms with Gasteiger partial charge < -0.3 is 9.47 Å². The zero-order chi connectivity index (χ0) is 13.5. The molecular weight excluding hydrogens is 245 g/mol. The molecule has 0 amide bonds. The molecule has 1 aromatic carbocycles. The number of ether oxygens (including phenoxy) is 2. The van der Waals surface area contributed by atoms with E-state index in [1.54, 1.807) is 6.92 Å². The van der Waals surface area contributed by atoms with Gasteiger partial charge in [-0.25, -0.2) is 4.39 Å². The number of hydrogen-bond donors (Lipinski definition) is 0. The molecule has 0 N–H and O–H groups in total. The summed E-state index contributed by atoms with van der Waals surface area (Å²) in [6, 6.07) is 2.67. The molecule has 0 unspecified atom stereocenters. The van der Waals surface area contributed by atoms with Crippen LogP contribution in [-0.2, 0) is 9.53 Å². The number of hydrogen-bond acceptors (Lipinski definition) is 5. The van der Waals surface area contributed by atoms with Crippen molar-refractivity contribution in [1.29, 1.82) is 0 Å². The molecule has 0 heterocycles. The third kappa shape index (κ3) is 4.10. The number of halogens is 1. The number of carbonyl (C=O) groups is 1. The second-order valence-electron chi connectivity index (χ2n) is 3.29. The molecule has 0 aliphatic rings. The largest absolute Gasteiger partial charge is 0.419 e. The fourth-order valence-corrected chi connectivity index (χ4v) is 1.19. The third-order valence-electron chi connectivity index (χ3n) is 2.00. The number of rotatable bonds is 6. The highest BCUT2D eigenvalue weighted by atomic mass is 19.1. The van der Waals surface area contributed by atoms with Gasteiger partial charge in [0.15, 0.2) is 0 Å². The van der Waals surface area contributed by atoms with Crippen molar-refractivity contribution in [2.75, 3.05) is 13.2 Å². The van der Waals surface area contributed by atoms with E-state index in [-0.39, 0.29) is 13.0 Å². The van der Waals surface area contributed by atoms with Gasteiger partial charge in [-0.2, -0.15) is 0 Å². The summed E-state index contributed by atoms with van der Waals surface area (Å²) in [5.41, 5.74) is -0.457. The summed E-state index contributed by atoms with van der Waals surface area (Å²) >= 11 is 0. The molecule has 6 nitrogen and oxygen atoms in total. The average molecular weight is 257 g/mol. The lowest BCUT2D eigenvalue weighted by Gasteiger charge is -2.05. The maximum atomic E-state index is 12.9. The van der Waals surface area contributed by atoms with E-state index < -0.39 is 28.1 Å². The van der Waals surface area contributed by atoms with Crippen LogP contribution in [0.15, 0.2) is 18.2 Å². The lowest BCUT2D eigenvalue weighted by atomic mass is 10.3. The first-order chi connectivity index (χ1) is 8.54. The zero-order valence-corrected chi connectivity index (χ0v) is 9.72. The van der Waals surface area contributed by atoms with Crippen LogP contribution >= 0.6 is 0 Å². The molecule has 0 aliphatic heterocycles. The van der Waals surface area contributed by atoms with Crippen LogP contribution in [0.2, 0.25) is 0 Å². The van der Waals surface area contributed by atoms with Gasteiger partial charge in [-0.15, -0.1) is 0 Å². The Labute approximate surface area is 102 Å². The first-order valence-electron chi connectivity index (χ1n) is 5.27. The van der Waals surface area contributed by atoms with Gasteiger partial charge in [0.05, 0.1) is 18.0 Å². The molecule has 0 fully saturated rings. The van der Waals surface area contributed by atoms with Crippen molar-refractivity contribution in [3.63, 3.8) is 0 Å². The van der Waals surface area contributed by atoms with E-state index in [1.165, 1.54) is 0 Å². The van der Waals surface area contributed by atoms with E-state index in [9.17, 15) is 19.3 Å². The fraction of sp³-hybridized carbons (Fsp3) is 0.364. The lowest BCUT2D eigenvalue weighted by Crippen LogP contribution is -2.12. The highest BCUT2D eigenvalue weighted by Crippen LogP contribution is 2.27. The van der Waals surface area contributed by atoms with E-state index >= 15 is 0 Å². The Morgan fingerprint density at radius 3 is 2.83 bits per heavy atom. The highest BCUT2D eigenvalue weighted by Gasteiger charge is 2.18. The van der Waals surface area contributed by atoms with E-state index in [1.807, 2.05) is 0 Å². The summed E-state index contributed by atoms with van der Waals surface area (Å²) in [6.45, 7) is 2.37. The Kier molecular flexibility index (Phi) is 5.19. The molecular formula is C11H12FNO5. The smallest absolute Gasteiger partial charge is 0.313 e. The van der Waals surface area contributed by atoms with E-state index in [4.69, 9.17) is 9.47 Å². The van der Waals surface area contributed by atoms with Crippen molar-refractivity contribution in [1.82, 2.24) is 0 Å². The number of nitrogens with zero attached hydrogens (tertiary/aromatic N) is 1. The van der Waals surface area contributed by atoms with Gasteiger partial charge in [0.2, 0.25) is 5.75 Å². The van der Waals surface area contributed by atoms with Gasteiger partial charge in [-0.3, -0.25) is 14.9 Å². The number of carbonyl (C=O) groups excluding carboxylic acids is 1. The van der Waals surface area contributed by atoms with Crippen LogP contribution in [0.4, 0.5) is 10.1 Å². The normalized spacial score (nSPS) is 10.1. The van der Waals surface area contributed by atoms with Gasteiger partial charge >= 0.3 is 11.7 Å². The standard InChI is InChI=1S/C11H12FNO5/c1-2-17-6-5-11(14)18-10-7-8(12)3-4-9(10)13(15)16/h3-4,7H,2,5-6H2,1H3. The molecule has 98 valence electrons. The first kappa shape index (κ1) is 14.0. The number of benzene rings is 1. The number of nitro groups is 1. The summed E-state index contributed by atoms with van der Waals surface area (Å²) in [6.07, 6.45) is -0.0541. The fourth-order valence-electron chi connectivity index (χ4n) is 1.19. The summed E-state index contributed by atoms with van der Waals surface area (Å²) in [5.74, 6) is -1.83. The van der Waals surface area contributed by atoms with Crippen molar-refractivity contribution in [3.8, 4) is 5.75 Å². The monoisotopic (exact) mass is 257 g/mol. The van der Waals surface area contributed by atoms with E-state index in [0.717, 1.165) is 18.2 Å².